The van der Waals surface area contributed by atoms with E-state index in [1.165, 1.54) is 7.11 Å². The minimum atomic E-state index is -0.846. The summed E-state index contributed by atoms with van der Waals surface area (Å²) in [5.41, 5.74) is 0.480. The highest BCUT2D eigenvalue weighted by Crippen LogP contribution is 2.26. The molecule has 126 valence electrons. The molecule has 1 saturated heterocycles. The monoisotopic (exact) mass is 322 g/mol. The van der Waals surface area contributed by atoms with Gasteiger partial charge in [-0.05, 0) is 19.1 Å². The van der Waals surface area contributed by atoms with Gasteiger partial charge in [0.05, 0.1) is 19.8 Å². The van der Waals surface area contributed by atoms with E-state index in [4.69, 9.17) is 14.6 Å². The lowest BCUT2D eigenvalue weighted by atomic mass is 10.1. The van der Waals surface area contributed by atoms with Gasteiger partial charge in [-0.3, -0.25) is 14.5 Å². The normalized spacial score (nSPS) is 16.7. The number of carbonyl (C=O) groups is 2. The number of ether oxygens (including phenoxy) is 2. The maximum Gasteiger partial charge on any atom is 0.320 e. The lowest BCUT2D eigenvalue weighted by Crippen LogP contribution is -2.53. The zero-order valence-electron chi connectivity index (χ0n) is 13.6. The maximum atomic E-state index is 12.7. The van der Waals surface area contributed by atoms with Gasteiger partial charge >= 0.3 is 5.97 Å². The lowest BCUT2D eigenvalue weighted by molar-refractivity contribution is -0.143. The first-order chi connectivity index (χ1) is 11.0. The van der Waals surface area contributed by atoms with E-state index >= 15 is 0 Å². The van der Waals surface area contributed by atoms with Crippen LogP contribution in [0.15, 0.2) is 18.2 Å². The standard InChI is InChI=1S/C16H22N2O5/c1-11(16(20)21)17-6-8-18(9-7-17)15(19)13-5-4-12(22-2)10-14(13)23-3/h4-5,10-11H,6-9H2,1-3H3,(H,20,21)/t11-/m0/s1. The van der Waals surface area contributed by atoms with Crippen LogP contribution in [0.5, 0.6) is 11.5 Å². The van der Waals surface area contributed by atoms with Crippen LogP contribution in [0.1, 0.15) is 17.3 Å². The summed E-state index contributed by atoms with van der Waals surface area (Å²) in [7, 11) is 3.07. The van der Waals surface area contributed by atoms with E-state index in [-0.39, 0.29) is 5.91 Å². The minimum Gasteiger partial charge on any atom is -0.497 e. The number of amides is 1. The average Bonchev–Trinajstić information content (AvgIpc) is 2.59. The zero-order valence-corrected chi connectivity index (χ0v) is 13.6. The highest BCUT2D eigenvalue weighted by Gasteiger charge is 2.28. The summed E-state index contributed by atoms with van der Waals surface area (Å²) < 4.78 is 10.4. The predicted molar refractivity (Wildman–Crippen MR) is 84.1 cm³/mol. The van der Waals surface area contributed by atoms with E-state index in [0.717, 1.165) is 0 Å². The molecule has 1 aromatic rings. The van der Waals surface area contributed by atoms with E-state index in [1.807, 2.05) is 4.90 Å². The van der Waals surface area contributed by atoms with Crippen LogP contribution in [0.4, 0.5) is 0 Å². The molecule has 0 spiro atoms. The summed E-state index contributed by atoms with van der Waals surface area (Å²) >= 11 is 0. The number of carboxylic acids is 1. The molecule has 1 fully saturated rings. The molecule has 1 heterocycles. The van der Waals surface area contributed by atoms with E-state index in [2.05, 4.69) is 0 Å². The van der Waals surface area contributed by atoms with Gasteiger partial charge < -0.3 is 19.5 Å². The van der Waals surface area contributed by atoms with E-state index < -0.39 is 12.0 Å². The molecule has 1 aliphatic heterocycles. The number of nitrogens with zero attached hydrogens (tertiary/aromatic N) is 2. The first kappa shape index (κ1) is 17.1. The largest absolute Gasteiger partial charge is 0.497 e. The Morgan fingerprint density at radius 2 is 1.78 bits per heavy atom. The van der Waals surface area contributed by atoms with Gasteiger partial charge in [-0.1, -0.05) is 0 Å². The zero-order chi connectivity index (χ0) is 17.0. The topological polar surface area (TPSA) is 79.3 Å². The Labute approximate surface area is 135 Å². The predicted octanol–water partition coefficient (Wildman–Crippen LogP) is 0.935. The third kappa shape index (κ3) is 3.73. The van der Waals surface area contributed by atoms with Crippen LogP contribution in [0.2, 0.25) is 0 Å². The molecule has 7 nitrogen and oxygen atoms in total. The number of hydrogen-bond donors (Lipinski definition) is 1. The molecule has 0 saturated carbocycles. The SMILES string of the molecule is COc1ccc(C(=O)N2CCN([C@@H](C)C(=O)O)CC2)c(OC)c1. The third-order valence-electron chi connectivity index (χ3n) is 4.15. The summed E-state index contributed by atoms with van der Waals surface area (Å²) in [4.78, 5) is 27.3. The molecular weight excluding hydrogens is 300 g/mol. The van der Waals surface area contributed by atoms with Crippen LogP contribution in [-0.2, 0) is 4.79 Å². The molecule has 7 heteroatoms. The van der Waals surface area contributed by atoms with Gasteiger partial charge in [0.15, 0.2) is 0 Å². The van der Waals surface area contributed by atoms with Crippen molar-refractivity contribution in [1.82, 2.24) is 9.80 Å². The van der Waals surface area contributed by atoms with Gasteiger partial charge in [0, 0.05) is 32.2 Å². The number of carbonyl (C=O) groups excluding carboxylic acids is 1. The number of carboxylic acid groups (broad SMARTS) is 1. The van der Waals surface area contributed by atoms with Gasteiger partial charge in [-0.25, -0.2) is 0 Å². The highest BCUT2D eigenvalue weighted by atomic mass is 16.5. The Morgan fingerprint density at radius 3 is 2.30 bits per heavy atom. The van der Waals surface area contributed by atoms with Crippen molar-refractivity contribution < 1.29 is 24.2 Å². The molecule has 1 atom stereocenters. The molecule has 0 bridgehead atoms. The number of methoxy groups -OCH3 is 2. The van der Waals surface area contributed by atoms with Gasteiger partial charge in [-0.2, -0.15) is 0 Å². The van der Waals surface area contributed by atoms with E-state index in [1.54, 1.807) is 37.1 Å². The summed E-state index contributed by atoms with van der Waals surface area (Å²) in [5, 5.41) is 9.05. The Morgan fingerprint density at radius 1 is 1.13 bits per heavy atom. The van der Waals surface area contributed by atoms with Crippen molar-refractivity contribution in [3.05, 3.63) is 23.8 Å². The third-order valence-corrected chi connectivity index (χ3v) is 4.15. The summed E-state index contributed by atoms with van der Waals surface area (Å²) in [6.45, 7) is 3.72. The van der Waals surface area contributed by atoms with Crippen LogP contribution in [-0.4, -0.2) is 73.2 Å². The molecule has 1 amide bonds. The Balaban J connectivity index is 2.07. The van der Waals surface area contributed by atoms with Crippen LogP contribution in [0, 0.1) is 0 Å². The van der Waals surface area contributed by atoms with Gasteiger partial charge in [0.25, 0.3) is 5.91 Å². The van der Waals surface area contributed by atoms with Crippen molar-refractivity contribution in [2.75, 3.05) is 40.4 Å². The smallest absolute Gasteiger partial charge is 0.320 e. The fourth-order valence-electron chi connectivity index (χ4n) is 2.61. The van der Waals surface area contributed by atoms with Crippen LogP contribution in [0.3, 0.4) is 0 Å². The van der Waals surface area contributed by atoms with Crippen molar-refractivity contribution in [1.29, 1.82) is 0 Å². The number of benzene rings is 1. The van der Waals surface area contributed by atoms with Crippen molar-refractivity contribution in [3.8, 4) is 11.5 Å². The van der Waals surface area contributed by atoms with Crippen molar-refractivity contribution >= 4 is 11.9 Å². The number of hydrogen-bond acceptors (Lipinski definition) is 5. The first-order valence-electron chi connectivity index (χ1n) is 7.46. The first-order valence-corrected chi connectivity index (χ1v) is 7.46. The second-order valence-electron chi connectivity index (χ2n) is 5.41. The average molecular weight is 322 g/mol. The van der Waals surface area contributed by atoms with Crippen molar-refractivity contribution in [2.24, 2.45) is 0 Å². The highest BCUT2D eigenvalue weighted by molar-refractivity contribution is 5.97. The molecular formula is C16H22N2O5. The molecule has 0 aromatic heterocycles. The second-order valence-corrected chi connectivity index (χ2v) is 5.41. The molecule has 0 aliphatic carbocycles. The molecule has 1 aromatic carbocycles. The lowest BCUT2D eigenvalue weighted by Gasteiger charge is -2.36. The van der Waals surface area contributed by atoms with Crippen LogP contribution in [0.25, 0.3) is 0 Å². The Kier molecular flexibility index (Phi) is 5.44. The quantitative estimate of drug-likeness (QED) is 0.869. The Hall–Kier alpha value is -2.28. The summed E-state index contributed by atoms with van der Waals surface area (Å²) in [5.74, 6) is 0.128. The number of rotatable bonds is 5. The maximum absolute atomic E-state index is 12.7. The molecule has 0 radical (unpaired) electrons. The van der Waals surface area contributed by atoms with Gasteiger partial charge in [0.2, 0.25) is 0 Å². The minimum absolute atomic E-state index is 0.118. The van der Waals surface area contributed by atoms with Crippen LogP contribution >= 0.6 is 0 Å². The van der Waals surface area contributed by atoms with Gasteiger partial charge in [-0.15, -0.1) is 0 Å². The van der Waals surface area contributed by atoms with E-state index in [0.29, 0.717) is 43.2 Å². The van der Waals surface area contributed by atoms with Crippen molar-refractivity contribution in [2.45, 2.75) is 13.0 Å². The number of aliphatic carboxylic acids is 1. The summed E-state index contributed by atoms with van der Waals surface area (Å²) in [6.07, 6.45) is 0. The van der Waals surface area contributed by atoms with Crippen LogP contribution < -0.4 is 9.47 Å². The molecule has 1 N–H and O–H groups in total. The molecule has 2 rings (SSSR count). The molecule has 0 unspecified atom stereocenters. The van der Waals surface area contributed by atoms with Crippen molar-refractivity contribution in [3.63, 3.8) is 0 Å². The molecule has 23 heavy (non-hydrogen) atoms. The van der Waals surface area contributed by atoms with Gasteiger partial charge in [0.1, 0.15) is 17.5 Å². The fraction of sp³-hybridized carbons (Fsp3) is 0.500. The second kappa shape index (κ2) is 7.32. The number of piperazine rings is 1. The van der Waals surface area contributed by atoms with E-state index in [9.17, 15) is 9.59 Å². The molecule has 1 aliphatic rings. The Bertz CT molecular complexity index is 582. The summed E-state index contributed by atoms with van der Waals surface area (Å²) in [6, 6.07) is 4.54. The fourth-order valence-corrected chi connectivity index (χ4v) is 2.61.